The maximum Gasteiger partial charge on any atom is 0.225 e. The van der Waals surface area contributed by atoms with Crippen molar-refractivity contribution in [2.24, 2.45) is 11.8 Å². The average molecular weight is 263 g/mol. The molecule has 0 amide bonds. The number of halogens is 2. The molecule has 1 aromatic rings. The van der Waals surface area contributed by atoms with Crippen molar-refractivity contribution < 1.29 is 0 Å². The van der Waals surface area contributed by atoms with Gasteiger partial charge in [0.2, 0.25) is 5.95 Å². The summed E-state index contributed by atoms with van der Waals surface area (Å²) >= 11 is 0. The number of anilines is 1. The normalized spacial score (nSPS) is 26.9. The number of rotatable bonds is 1. The lowest BCUT2D eigenvalue weighted by Gasteiger charge is -2.16. The predicted octanol–water partition coefficient (Wildman–Crippen LogP) is 0.976. The van der Waals surface area contributed by atoms with Gasteiger partial charge in [-0.05, 0) is 17.9 Å². The fourth-order valence-corrected chi connectivity index (χ4v) is 2.47. The highest BCUT2D eigenvalue weighted by Crippen LogP contribution is 2.28. The summed E-state index contributed by atoms with van der Waals surface area (Å²) in [6, 6.07) is 1.86. The summed E-state index contributed by atoms with van der Waals surface area (Å²) in [6.45, 7) is 4.55. The van der Waals surface area contributed by atoms with Crippen molar-refractivity contribution in [2.75, 3.05) is 31.1 Å². The lowest BCUT2D eigenvalue weighted by atomic mass is 10.0. The fourth-order valence-electron chi connectivity index (χ4n) is 2.47. The predicted molar refractivity (Wildman–Crippen MR) is 68.6 cm³/mol. The van der Waals surface area contributed by atoms with Crippen molar-refractivity contribution >= 4 is 30.8 Å². The zero-order valence-electron chi connectivity index (χ0n) is 8.87. The van der Waals surface area contributed by atoms with Gasteiger partial charge in [-0.3, -0.25) is 0 Å². The zero-order valence-corrected chi connectivity index (χ0v) is 10.5. The van der Waals surface area contributed by atoms with Crippen molar-refractivity contribution in [3.8, 4) is 0 Å². The Morgan fingerprint density at radius 2 is 1.62 bits per heavy atom. The zero-order chi connectivity index (χ0) is 9.38. The van der Waals surface area contributed by atoms with E-state index in [0.29, 0.717) is 0 Å². The van der Waals surface area contributed by atoms with Gasteiger partial charge in [-0.25, -0.2) is 9.97 Å². The van der Waals surface area contributed by atoms with Crippen LogP contribution in [0.15, 0.2) is 18.5 Å². The van der Waals surface area contributed by atoms with Crippen LogP contribution in [0, 0.1) is 11.8 Å². The van der Waals surface area contributed by atoms with Gasteiger partial charge in [0.05, 0.1) is 0 Å². The first-order valence-electron chi connectivity index (χ1n) is 5.16. The molecule has 1 N–H and O–H groups in total. The second-order valence-electron chi connectivity index (χ2n) is 4.13. The Labute approximate surface area is 108 Å². The van der Waals surface area contributed by atoms with Gasteiger partial charge in [-0.1, -0.05) is 0 Å². The van der Waals surface area contributed by atoms with Crippen LogP contribution in [-0.4, -0.2) is 36.1 Å². The van der Waals surface area contributed by atoms with E-state index < -0.39 is 0 Å². The molecule has 2 fully saturated rings. The molecule has 6 heteroatoms. The Morgan fingerprint density at radius 1 is 1.06 bits per heavy atom. The number of nitrogens with zero attached hydrogens (tertiary/aromatic N) is 3. The van der Waals surface area contributed by atoms with Crippen LogP contribution in [0.3, 0.4) is 0 Å². The van der Waals surface area contributed by atoms with Crippen LogP contribution in [0.5, 0.6) is 0 Å². The molecule has 1 aromatic heterocycles. The average Bonchev–Trinajstić information content (AvgIpc) is 2.78. The van der Waals surface area contributed by atoms with Gasteiger partial charge in [0.15, 0.2) is 0 Å². The minimum absolute atomic E-state index is 0. The highest BCUT2D eigenvalue weighted by molar-refractivity contribution is 5.85. The molecule has 2 aliphatic rings. The highest BCUT2D eigenvalue weighted by atomic mass is 35.5. The third-order valence-corrected chi connectivity index (χ3v) is 3.22. The van der Waals surface area contributed by atoms with Crippen LogP contribution in [0.25, 0.3) is 0 Å². The summed E-state index contributed by atoms with van der Waals surface area (Å²) in [4.78, 5) is 10.9. The Balaban J connectivity index is 0.000000640. The van der Waals surface area contributed by atoms with Gasteiger partial charge in [0.1, 0.15) is 0 Å². The molecule has 2 atom stereocenters. The van der Waals surface area contributed by atoms with E-state index in [0.717, 1.165) is 44.0 Å². The Kier molecular flexibility index (Phi) is 4.77. The van der Waals surface area contributed by atoms with Crippen LogP contribution in [-0.2, 0) is 0 Å². The second-order valence-corrected chi connectivity index (χ2v) is 4.13. The molecular formula is C10H16Cl2N4. The van der Waals surface area contributed by atoms with Crippen molar-refractivity contribution in [3.63, 3.8) is 0 Å². The third-order valence-electron chi connectivity index (χ3n) is 3.22. The van der Waals surface area contributed by atoms with E-state index in [1.165, 1.54) is 0 Å². The summed E-state index contributed by atoms with van der Waals surface area (Å²) in [7, 11) is 0. The molecule has 16 heavy (non-hydrogen) atoms. The molecule has 0 aliphatic carbocycles. The standard InChI is InChI=1S/C10H14N4.2ClH/c1-2-12-10(13-3-1)14-6-8-4-11-5-9(8)7-14;;/h1-3,8-9,11H,4-7H2;2*1H. The molecular weight excluding hydrogens is 247 g/mol. The highest BCUT2D eigenvalue weighted by Gasteiger charge is 2.36. The van der Waals surface area contributed by atoms with Gasteiger partial charge < -0.3 is 10.2 Å². The first-order valence-corrected chi connectivity index (χ1v) is 5.16. The van der Waals surface area contributed by atoms with Crippen LogP contribution in [0.2, 0.25) is 0 Å². The molecule has 2 unspecified atom stereocenters. The molecule has 0 aromatic carbocycles. The van der Waals surface area contributed by atoms with Gasteiger partial charge >= 0.3 is 0 Å². The summed E-state index contributed by atoms with van der Waals surface area (Å²) in [5.74, 6) is 2.50. The van der Waals surface area contributed by atoms with Gasteiger partial charge in [-0.2, -0.15) is 0 Å². The van der Waals surface area contributed by atoms with Crippen LogP contribution in [0.4, 0.5) is 5.95 Å². The molecule has 3 rings (SSSR count). The second kappa shape index (κ2) is 5.66. The number of nitrogens with one attached hydrogen (secondary N) is 1. The largest absolute Gasteiger partial charge is 0.340 e. The van der Waals surface area contributed by atoms with Crippen LogP contribution >= 0.6 is 24.8 Å². The van der Waals surface area contributed by atoms with E-state index in [4.69, 9.17) is 0 Å². The Bertz CT molecular complexity index is 310. The van der Waals surface area contributed by atoms with E-state index in [2.05, 4.69) is 20.2 Å². The molecule has 0 saturated carbocycles. The van der Waals surface area contributed by atoms with Crippen molar-refractivity contribution in [2.45, 2.75) is 0 Å². The number of hydrogen-bond donors (Lipinski definition) is 1. The summed E-state index contributed by atoms with van der Waals surface area (Å²) in [5, 5.41) is 3.43. The summed E-state index contributed by atoms with van der Waals surface area (Å²) < 4.78 is 0. The summed E-state index contributed by atoms with van der Waals surface area (Å²) in [6.07, 6.45) is 3.63. The van der Waals surface area contributed by atoms with E-state index in [1.54, 1.807) is 0 Å². The Morgan fingerprint density at radius 3 is 2.19 bits per heavy atom. The lowest BCUT2D eigenvalue weighted by Crippen LogP contribution is -2.26. The quantitative estimate of drug-likeness (QED) is 0.820. The minimum atomic E-state index is 0. The van der Waals surface area contributed by atoms with Crippen LogP contribution in [0.1, 0.15) is 0 Å². The van der Waals surface area contributed by atoms with Gasteiger partial charge in [0.25, 0.3) is 0 Å². The molecule has 4 nitrogen and oxygen atoms in total. The third kappa shape index (κ3) is 2.39. The fraction of sp³-hybridized carbons (Fsp3) is 0.600. The molecule has 0 bridgehead atoms. The SMILES string of the molecule is Cl.Cl.c1cnc(N2CC3CNCC3C2)nc1. The van der Waals surface area contributed by atoms with E-state index in [-0.39, 0.29) is 24.8 Å². The summed E-state index contributed by atoms with van der Waals surface area (Å²) in [5.41, 5.74) is 0. The van der Waals surface area contributed by atoms with Crippen molar-refractivity contribution in [1.82, 2.24) is 15.3 Å². The van der Waals surface area contributed by atoms with E-state index in [1.807, 2.05) is 18.5 Å². The maximum absolute atomic E-state index is 4.28. The number of fused-ring (bicyclic) bond motifs is 1. The minimum Gasteiger partial charge on any atom is -0.340 e. The molecule has 2 saturated heterocycles. The smallest absolute Gasteiger partial charge is 0.225 e. The lowest BCUT2D eigenvalue weighted by molar-refractivity contribution is 0.533. The van der Waals surface area contributed by atoms with Crippen molar-refractivity contribution in [1.29, 1.82) is 0 Å². The molecule has 3 heterocycles. The topological polar surface area (TPSA) is 41.1 Å². The first-order chi connectivity index (χ1) is 6.93. The molecule has 2 aliphatic heterocycles. The van der Waals surface area contributed by atoms with E-state index in [9.17, 15) is 0 Å². The van der Waals surface area contributed by atoms with Crippen molar-refractivity contribution in [3.05, 3.63) is 18.5 Å². The molecule has 0 radical (unpaired) electrons. The number of aromatic nitrogens is 2. The monoisotopic (exact) mass is 262 g/mol. The first kappa shape index (κ1) is 13.5. The van der Waals surface area contributed by atoms with Gasteiger partial charge in [-0.15, -0.1) is 24.8 Å². The number of hydrogen-bond acceptors (Lipinski definition) is 4. The maximum atomic E-state index is 4.28. The van der Waals surface area contributed by atoms with Crippen LogP contribution < -0.4 is 10.2 Å². The molecule has 90 valence electrons. The molecule has 0 spiro atoms. The Hall–Kier alpha value is -0.580. The van der Waals surface area contributed by atoms with Gasteiger partial charge in [0, 0.05) is 38.6 Å². The van der Waals surface area contributed by atoms with E-state index >= 15 is 0 Å².